The molecular formula is C13H20FNO2S2. The number of hydrogen-bond donors (Lipinski definition) is 1. The molecule has 0 saturated carbocycles. The average molecular weight is 305 g/mol. The van der Waals surface area contributed by atoms with Gasteiger partial charge in [-0.1, -0.05) is 6.92 Å². The van der Waals surface area contributed by atoms with E-state index in [-0.39, 0.29) is 11.6 Å². The lowest BCUT2D eigenvalue weighted by atomic mass is 10.2. The van der Waals surface area contributed by atoms with Crippen LogP contribution in [0.1, 0.15) is 18.9 Å². The predicted octanol–water partition coefficient (Wildman–Crippen LogP) is 2.46. The maximum Gasteiger partial charge on any atom is 0.148 e. The highest BCUT2D eigenvalue weighted by Crippen LogP contribution is 2.21. The second-order valence-electron chi connectivity index (χ2n) is 4.45. The molecule has 1 aromatic rings. The minimum atomic E-state index is -2.96. The van der Waals surface area contributed by atoms with Gasteiger partial charge in [-0.2, -0.15) is 0 Å². The lowest BCUT2D eigenvalue weighted by Crippen LogP contribution is -2.13. The van der Waals surface area contributed by atoms with Crippen molar-refractivity contribution < 1.29 is 12.8 Å². The molecule has 0 aromatic heterocycles. The normalized spacial score (nSPS) is 11.7. The fourth-order valence-corrected chi connectivity index (χ4v) is 3.74. The highest BCUT2D eigenvalue weighted by Gasteiger charge is 2.05. The minimum absolute atomic E-state index is 0.109. The lowest BCUT2D eigenvalue weighted by molar-refractivity contribution is 0.603. The molecule has 0 spiro atoms. The third kappa shape index (κ3) is 7.54. The fourth-order valence-electron chi connectivity index (χ4n) is 1.53. The molecular weight excluding hydrogens is 285 g/mol. The molecule has 0 bridgehead atoms. The monoisotopic (exact) mass is 305 g/mol. The van der Waals surface area contributed by atoms with Crippen molar-refractivity contribution in [1.29, 1.82) is 0 Å². The van der Waals surface area contributed by atoms with Gasteiger partial charge >= 0.3 is 0 Å². The molecule has 1 N–H and O–H groups in total. The van der Waals surface area contributed by atoms with Gasteiger partial charge in [-0.05, 0) is 36.7 Å². The molecule has 1 aromatic carbocycles. The lowest BCUT2D eigenvalue weighted by Gasteiger charge is -2.07. The Labute approximate surface area is 118 Å². The van der Waals surface area contributed by atoms with E-state index in [1.807, 2.05) is 6.07 Å². The van der Waals surface area contributed by atoms with Crippen LogP contribution in [-0.4, -0.2) is 32.7 Å². The van der Waals surface area contributed by atoms with Crippen LogP contribution in [0, 0.1) is 5.82 Å². The molecule has 0 aliphatic rings. The molecule has 0 radical (unpaired) electrons. The second-order valence-corrected chi connectivity index (χ2v) is 7.88. The first-order chi connectivity index (χ1) is 8.90. The Balaban J connectivity index is 2.58. The SMILES string of the molecule is CCCNCc1cc(F)cc(SCCS(C)(=O)=O)c1. The van der Waals surface area contributed by atoms with Gasteiger partial charge in [0.2, 0.25) is 0 Å². The first kappa shape index (κ1) is 16.5. The van der Waals surface area contributed by atoms with Gasteiger partial charge in [0, 0.05) is 23.4 Å². The summed E-state index contributed by atoms with van der Waals surface area (Å²) in [5, 5.41) is 3.21. The number of rotatable bonds is 8. The highest BCUT2D eigenvalue weighted by atomic mass is 32.2. The average Bonchev–Trinajstić information content (AvgIpc) is 2.27. The topological polar surface area (TPSA) is 46.2 Å². The molecule has 0 atom stereocenters. The van der Waals surface area contributed by atoms with Crippen molar-refractivity contribution in [3.05, 3.63) is 29.6 Å². The van der Waals surface area contributed by atoms with Crippen molar-refractivity contribution in [1.82, 2.24) is 5.32 Å². The Hall–Kier alpha value is -0.590. The van der Waals surface area contributed by atoms with Gasteiger partial charge in [0.1, 0.15) is 15.7 Å². The molecule has 3 nitrogen and oxygen atoms in total. The van der Waals surface area contributed by atoms with Crippen molar-refractivity contribution in [3.8, 4) is 0 Å². The van der Waals surface area contributed by atoms with E-state index in [1.165, 1.54) is 30.2 Å². The van der Waals surface area contributed by atoms with E-state index < -0.39 is 9.84 Å². The molecule has 0 heterocycles. The van der Waals surface area contributed by atoms with Crippen molar-refractivity contribution in [2.24, 2.45) is 0 Å². The molecule has 108 valence electrons. The number of thioether (sulfide) groups is 1. The van der Waals surface area contributed by atoms with Gasteiger partial charge in [0.15, 0.2) is 0 Å². The smallest absolute Gasteiger partial charge is 0.148 e. The van der Waals surface area contributed by atoms with E-state index in [9.17, 15) is 12.8 Å². The summed E-state index contributed by atoms with van der Waals surface area (Å²) in [6.45, 7) is 3.60. The molecule has 0 aliphatic heterocycles. The standard InChI is InChI=1S/C13H20FNO2S2/c1-3-4-15-10-11-7-12(14)9-13(8-11)18-5-6-19(2,16)17/h7-9,15H,3-6,10H2,1-2H3. The Morgan fingerprint density at radius 2 is 2.05 bits per heavy atom. The van der Waals surface area contributed by atoms with Gasteiger partial charge in [0.05, 0.1) is 5.75 Å². The van der Waals surface area contributed by atoms with Crippen molar-refractivity contribution in [3.63, 3.8) is 0 Å². The Morgan fingerprint density at radius 1 is 1.32 bits per heavy atom. The summed E-state index contributed by atoms with van der Waals surface area (Å²) in [6.07, 6.45) is 2.24. The van der Waals surface area contributed by atoms with Gasteiger partial charge in [-0.3, -0.25) is 0 Å². The first-order valence-corrected chi connectivity index (χ1v) is 9.26. The Kier molecular flexibility index (Phi) is 6.82. The predicted molar refractivity (Wildman–Crippen MR) is 78.8 cm³/mol. The molecule has 6 heteroatoms. The van der Waals surface area contributed by atoms with Crippen molar-refractivity contribution >= 4 is 21.6 Å². The summed E-state index contributed by atoms with van der Waals surface area (Å²) in [5.41, 5.74) is 0.885. The van der Waals surface area contributed by atoms with E-state index in [1.54, 1.807) is 0 Å². The molecule has 0 fully saturated rings. The summed E-state index contributed by atoms with van der Waals surface area (Å²) in [7, 11) is -2.96. The summed E-state index contributed by atoms with van der Waals surface area (Å²) in [5.74, 6) is 0.277. The van der Waals surface area contributed by atoms with Crippen LogP contribution in [0.2, 0.25) is 0 Å². The maximum atomic E-state index is 13.4. The summed E-state index contributed by atoms with van der Waals surface area (Å²) < 4.78 is 35.5. The molecule has 0 saturated heterocycles. The van der Waals surface area contributed by atoms with Gasteiger partial charge in [0.25, 0.3) is 0 Å². The summed E-state index contributed by atoms with van der Waals surface area (Å²) in [6, 6.07) is 4.85. The maximum absolute atomic E-state index is 13.4. The molecule has 0 unspecified atom stereocenters. The van der Waals surface area contributed by atoms with Crippen LogP contribution in [0.5, 0.6) is 0 Å². The van der Waals surface area contributed by atoms with Gasteiger partial charge in [-0.25, -0.2) is 12.8 Å². The van der Waals surface area contributed by atoms with Crippen LogP contribution in [0.3, 0.4) is 0 Å². The quantitative estimate of drug-likeness (QED) is 0.592. The molecule has 0 amide bonds. The zero-order valence-electron chi connectivity index (χ0n) is 11.3. The fraction of sp³-hybridized carbons (Fsp3) is 0.538. The largest absolute Gasteiger partial charge is 0.313 e. The van der Waals surface area contributed by atoms with Crippen molar-refractivity contribution in [2.45, 2.75) is 24.8 Å². The summed E-state index contributed by atoms with van der Waals surface area (Å²) >= 11 is 1.37. The van der Waals surface area contributed by atoms with Crippen LogP contribution in [0.4, 0.5) is 4.39 Å². The van der Waals surface area contributed by atoms with Crippen LogP contribution in [-0.2, 0) is 16.4 Å². The third-order valence-corrected chi connectivity index (χ3v) is 4.59. The molecule has 1 rings (SSSR count). The van der Waals surface area contributed by atoms with Crippen LogP contribution < -0.4 is 5.32 Å². The van der Waals surface area contributed by atoms with Gasteiger partial charge in [-0.15, -0.1) is 11.8 Å². The number of halogens is 1. The zero-order chi connectivity index (χ0) is 14.3. The van der Waals surface area contributed by atoms with E-state index in [0.717, 1.165) is 23.4 Å². The van der Waals surface area contributed by atoms with Crippen LogP contribution in [0.25, 0.3) is 0 Å². The van der Waals surface area contributed by atoms with E-state index in [4.69, 9.17) is 0 Å². The molecule has 0 aliphatic carbocycles. The second kappa shape index (κ2) is 7.87. The summed E-state index contributed by atoms with van der Waals surface area (Å²) in [4.78, 5) is 0.775. The third-order valence-electron chi connectivity index (χ3n) is 2.41. The number of sulfone groups is 1. The number of hydrogen-bond acceptors (Lipinski definition) is 4. The first-order valence-electron chi connectivity index (χ1n) is 6.21. The van der Waals surface area contributed by atoms with Crippen LogP contribution >= 0.6 is 11.8 Å². The molecule has 19 heavy (non-hydrogen) atoms. The number of benzene rings is 1. The minimum Gasteiger partial charge on any atom is -0.313 e. The van der Waals surface area contributed by atoms with E-state index in [0.29, 0.717) is 12.3 Å². The Morgan fingerprint density at radius 3 is 2.68 bits per heavy atom. The van der Waals surface area contributed by atoms with Gasteiger partial charge < -0.3 is 5.32 Å². The van der Waals surface area contributed by atoms with E-state index in [2.05, 4.69) is 12.2 Å². The van der Waals surface area contributed by atoms with Crippen molar-refractivity contribution in [2.75, 3.05) is 24.3 Å². The van der Waals surface area contributed by atoms with Crippen LogP contribution in [0.15, 0.2) is 23.1 Å². The zero-order valence-corrected chi connectivity index (χ0v) is 12.9. The van der Waals surface area contributed by atoms with E-state index >= 15 is 0 Å². The highest BCUT2D eigenvalue weighted by molar-refractivity contribution is 8.00. The Bertz CT molecular complexity index is 503. The number of nitrogens with one attached hydrogen (secondary N) is 1.